The molecule has 4 unspecified atom stereocenters. The van der Waals surface area contributed by atoms with Crippen LogP contribution in [0.2, 0.25) is 0 Å². The Labute approximate surface area is 345 Å². The Morgan fingerprint density at radius 3 is 0.614 bits per heavy atom. The number of hydrogen-bond acceptors (Lipinski definition) is 12. The molecule has 0 amide bonds. The highest BCUT2D eigenvalue weighted by Gasteiger charge is 2.35. The van der Waals surface area contributed by atoms with Crippen LogP contribution >= 0.6 is 0 Å². The van der Waals surface area contributed by atoms with Crippen LogP contribution in [-0.4, -0.2) is 131 Å². The van der Waals surface area contributed by atoms with Gasteiger partial charge >= 0.3 is 0 Å². The van der Waals surface area contributed by atoms with Gasteiger partial charge in [-0.3, -0.25) is 0 Å². The summed E-state index contributed by atoms with van der Waals surface area (Å²) in [6.07, 6.45) is 11.3. The van der Waals surface area contributed by atoms with E-state index in [9.17, 15) is 0 Å². The van der Waals surface area contributed by atoms with Gasteiger partial charge in [0.05, 0.1) is 111 Å². The predicted octanol–water partition coefficient (Wildman–Crippen LogP) is 7.51. The maximum Gasteiger partial charge on any atom is 0.163 e. The summed E-state index contributed by atoms with van der Waals surface area (Å²) in [5.74, 6) is -0.538. The van der Waals surface area contributed by atoms with Crippen molar-refractivity contribution >= 4 is 0 Å². The summed E-state index contributed by atoms with van der Waals surface area (Å²) in [4.78, 5) is 0. The third-order valence-electron chi connectivity index (χ3n) is 8.04. The van der Waals surface area contributed by atoms with E-state index in [2.05, 4.69) is 52.6 Å². The zero-order chi connectivity index (χ0) is 42.6. The zero-order valence-electron chi connectivity index (χ0n) is 35.6. The molecule has 0 saturated carbocycles. The van der Waals surface area contributed by atoms with Crippen LogP contribution in [-0.2, 0) is 56.8 Å². The van der Waals surface area contributed by atoms with Gasteiger partial charge in [0.15, 0.2) is 25.2 Å². The van der Waals surface area contributed by atoms with Crippen molar-refractivity contribution in [2.75, 3.05) is 106 Å². The van der Waals surface area contributed by atoms with Crippen LogP contribution in [0.4, 0.5) is 0 Å². The Kier molecular flexibility index (Phi) is 34.9. The van der Waals surface area contributed by atoms with E-state index in [1.54, 1.807) is 48.6 Å². The quantitative estimate of drug-likeness (QED) is 0.0449. The highest BCUT2D eigenvalue weighted by molar-refractivity contribution is 4.82. The lowest BCUT2D eigenvalue weighted by molar-refractivity contribution is -0.190. The molecule has 0 spiro atoms. The molecule has 0 aromatic rings. The zero-order valence-corrected chi connectivity index (χ0v) is 35.6. The van der Waals surface area contributed by atoms with Gasteiger partial charge in [0.1, 0.15) is 0 Å². The first-order chi connectivity index (χ1) is 27.6. The standard InChI is InChI=1S/C45H76O12/c1-13-21-50-41(51-22-14-2)37(9)29-46-33-45(34-47-30-38(10)42(52-23-15-3)53-24-16-4,35-48-31-39(11)43(54-25-17-5)55-26-18-6)36-49-32-40(12)44(56-27-19-7)57-28-20-8/h13-20,37-44H,1-8,21-36H2,9-12H3. The van der Waals surface area contributed by atoms with Crippen LogP contribution in [0.5, 0.6) is 0 Å². The smallest absolute Gasteiger partial charge is 0.163 e. The molecular weight excluding hydrogens is 732 g/mol. The minimum Gasteiger partial charge on any atom is -0.380 e. The molecule has 0 saturated heterocycles. The molecule has 0 aliphatic heterocycles. The van der Waals surface area contributed by atoms with E-state index in [-0.39, 0.29) is 50.1 Å². The first kappa shape index (κ1) is 54.4. The maximum atomic E-state index is 6.47. The lowest BCUT2D eigenvalue weighted by atomic mass is 9.91. The number of hydrogen-bond donors (Lipinski definition) is 0. The van der Waals surface area contributed by atoms with Gasteiger partial charge in [-0.2, -0.15) is 0 Å². The van der Waals surface area contributed by atoms with Crippen LogP contribution in [0.3, 0.4) is 0 Å². The molecule has 57 heavy (non-hydrogen) atoms. The van der Waals surface area contributed by atoms with Crippen molar-refractivity contribution in [3.8, 4) is 0 Å². The van der Waals surface area contributed by atoms with Gasteiger partial charge in [0.2, 0.25) is 0 Å². The lowest BCUT2D eigenvalue weighted by Crippen LogP contribution is -2.44. The Morgan fingerprint density at radius 2 is 0.474 bits per heavy atom. The normalized spacial score (nSPS) is 14.9. The van der Waals surface area contributed by atoms with Crippen LogP contribution in [0.1, 0.15) is 27.7 Å². The topological polar surface area (TPSA) is 111 Å². The maximum absolute atomic E-state index is 6.47. The second kappa shape index (κ2) is 36.5. The summed E-state index contributed by atoms with van der Waals surface area (Å²) < 4.78 is 73.0. The van der Waals surface area contributed by atoms with Crippen LogP contribution in [0.15, 0.2) is 101 Å². The van der Waals surface area contributed by atoms with Crippen molar-refractivity contribution in [2.45, 2.75) is 52.9 Å². The van der Waals surface area contributed by atoms with Gasteiger partial charge in [-0.1, -0.05) is 76.3 Å². The van der Waals surface area contributed by atoms with E-state index in [0.29, 0.717) is 79.3 Å². The van der Waals surface area contributed by atoms with Gasteiger partial charge in [0, 0.05) is 23.7 Å². The molecule has 0 N–H and O–H groups in total. The molecule has 4 atom stereocenters. The van der Waals surface area contributed by atoms with Crippen molar-refractivity contribution < 1.29 is 56.8 Å². The van der Waals surface area contributed by atoms with Gasteiger partial charge in [-0.15, -0.1) is 52.6 Å². The minimum atomic E-state index is -0.781. The summed E-state index contributed by atoms with van der Waals surface area (Å²) in [6.45, 7) is 42.9. The van der Waals surface area contributed by atoms with E-state index in [1.165, 1.54) is 0 Å². The molecular formula is C45H76O12. The molecule has 0 heterocycles. The molecule has 12 nitrogen and oxygen atoms in total. The van der Waals surface area contributed by atoms with Crippen molar-refractivity contribution in [1.82, 2.24) is 0 Å². The Morgan fingerprint density at radius 1 is 0.316 bits per heavy atom. The minimum absolute atomic E-state index is 0.134. The molecule has 0 aromatic carbocycles. The first-order valence-corrected chi connectivity index (χ1v) is 19.7. The highest BCUT2D eigenvalue weighted by Crippen LogP contribution is 2.25. The number of rotatable bonds is 44. The lowest BCUT2D eigenvalue weighted by Gasteiger charge is -2.36. The molecule has 12 heteroatoms. The Bertz CT molecular complexity index is 853. The van der Waals surface area contributed by atoms with Crippen molar-refractivity contribution in [1.29, 1.82) is 0 Å². The van der Waals surface area contributed by atoms with Crippen LogP contribution < -0.4 is 0 Å². The summed E-state index contributed by atoms with van der Waals surface area (Å²) >= 11 is 0. The van der Waals surface area contributed by atoms with E-state index in [1.807, 2.05) is 27.7 Å². The summed E-state index contributed by atoms with van der Waals surface area (Å²) in [7, 11) is 0. The monoisotopic (exact) mass is 809 g/mol. The van der Waals surface area contributed by atoms with Crippen molar-refractivity contribution in [3.05, 3.63) is 101 Å². The fraction of sp³-hybridized carbons (Fsp3) is 0.644. The predicted molar refractivity (Wildman–Crippen MR) is 227 cm³/mol. The van der Waals surface area contributed by atoms with E-state index < -0.39 is 30.6 Å². The van der Waals surface area contributed by atoms with E-state index in [0.717, 1.165) is 0 Å². The fourth-order valence-electron chi connectivity index (χ4n) is 5.22. The van der Waals surface area contributed by atoms with Gasteiger partial charge < -0.3 is 56.8 Å². The van der Waals surface area contributed by atoms with Crippen LogP contribution in [0, 0.1) is 29.1 Å². The molecule has 0 rings (SSSR count). The third-order valence-corrected chi connectivity index (χ3v) is 8.04. The highest BCUT2D eigenvalue weighted by atomic mass is 16.7. The van der Waals surface area contributed by atoms with Gasteiger partial charge in [-0.05, 0) is 0 Å². The van der Waals surface area contributed by atoms with E-state index in [4.69, 9.17) is 56.8 Å². The second-order valence-corrected chi connectivity index (χ2v) is 13.9. The molecule has 0 aliphatic rings. The largest absolute Gasteiger partial charge is 0.380 e. The SMILES string of the molecule is C=CCOC(OCC=C)C(C)COCC(COCC(C)C(OCC=C)OCC=C)(COCC(C)C(OCC=C)OCC=C)COCC(C)C(OCC=C)OCC=C. The fourth-order valence-corrected chi connectivity index (χ4v) is 5.22. The van der Waals surface area contributed by atoms with E-state index >= 15 is 0 Å². The average Bonchev–Trinajstić information content (AvgIpc) is 3.20. The Hall–Kier alpha value is -2.56. The van der Waals surface area contributed by atoms with Crippen molar-refractivity contribution in [2.24, 2.45) is 29.1 Å². The second-order valence-electron chi connectivity index (χ2n) is 13.9. The summed E-state index contributed by atoms with van der Waals surface area (Å²) in [5, 5.41) is 0. The third kappa shape index (κ3) is 26.2. The summed E-state index contributed by atoms with van der Waals surface area (Å²) in [6, 6.07) is 0. The van der Waals surface area contributed by atoms with Gasteiger partial charge in [0.25, 0.3) is 0 Å². The molecule has 0 aliphatic carbocycles. The van der Waals surface area contributed by atoms with Gasteiger partial charge in [-0.25, -0.2) is 0 Å². The Balaban J connectivity index is 6.47. The summed E-state index contributed by atoms with van der Waals surface area (Å²) in [5.41, 5.74) is -0.781. The molecule has 0 radical (unpaired) electrons. The molecule has 0 aromatic heterocycles. The number of ether oxygens (including phenoxy) is 12. The average molecular weight is 809 g/mol. The van der Waals surface area contributed by atoms with Crippen molar-refractivity contribution in [3.63, 3.8) is 0 Å². The molecule has 328 valence electrons. The first-order valence-electron chi connectivity index (χ1n) is 19.7. The molecule has 0 bridgehead atoms. The van der Waals surface area contributed by atoms with Crippen LogP contribution in [0.25, 0.3) is 0 Å². The molecule has 0 fully saturated rings.